The fourth-order valence-electron chi connectivity index (χ4n) is 5.47. The molecule has 0 aromatic heterocycles. The first-order valence-corrected chi connectivity index (χ1v) is 11.4. The van der Waals surface area contributed by atoms with Gasteiger partial charge < -0.3 is 14.8 Å². The van der Waals surface area contributed by atoms with Crippen LogP contribution < -0.4 is 5.32 Å². The van der Waals surface area contributed by atoms with Crippen molar-refractivity contribution in [3.8, 4) is 0 Å². The molecule has 0 radical (unpaired) electrons. The van der Waals surface area contributed by atoms with Crippen molar-refractivity contribution >= 4 is 0 Å². The lowest BCUT2D eigenvalue weighted by atomic mass is 9.78. The molecule has 3 nitrogen and oxygen atoms in total. The summed E-state index contributed by atoms with van der Waals surface area (Å²) in [4.78, 5) is 0. The van der Waals surface area contributed by atoms with E-state index in [1.807, 2.05) is 0 Å². The van der Waals surface area contributed by atoms with Gasteiger partial charge in [-0.3, -0.25) is 0 Å². The number of hydrogen-bond donors (Lipinski definition) is 1. The van der Waals surface area contributed by atoms with Crippen LogP contribution >= 0.6 is 0 Å². The van der Waals surface area contributed by atoms with Crippen LogP contribution in [0.2, 0.25) is 0 Å². The first-order chi connectivity index (χ1) is 14.4. The molecule has 2 saturated carbocycles. The van der Waals surface area contributed by atoms with Crippen LogP contribution in [-0.2, 0) is 16.1 Å². The predicted octanol–water partition coefficient (Wildman–Crippen LogP) is 5.07. The van der Waals surface area contributed by atoms with Gasteiger partial charge in [0.2, 0.25) is 0 Å². The van der Waals surface area contributed by atoms with Crippen LogP contribution in [0, 0.1) is 5.92 Å². The quantitative estimate of drug-likeness (QED) is 0.715. The zero-order valence-electron chi connectivity index (χ0n) is 17.2. The van der Waals surface area contributed by atoms with E-state index < -0.39 is 0 Å². The number of nitrogens with one attached hydrogen (secondary N) is 1. The third-order valence-corrected chi connectivity index (χ3v) is 7.32. The second-order valence-corrected chi connectivity index (χ2v) is 9.10. The number of benzene rings is 2. The van der Waals surface area contributed by atoms with E-state index in [0.29, 0.717) is 36.6 Å². The van der Waals surface area contributed by atoms with Gasteiger partial charge in [-0.15, -0.1) is 0 Å². The number of fused-ring (bicyclic) bond motifs is 1. The van der Waals surface area contributed by atoms with Gasteiger partial charge in [-0.1, -0.05) is 60.7 Å². The van der Waals surface area contributed by atoms with E-state index >= 15 is 0 Å². The molecule has 0 spiro atoms. The SMILES string of the molecule is c1ccc(COC2C(COC3CCC(c4ccccc4)CC3)NC3CCC32)cc1. The Morgan fingerprint density at radius 1 is 0.759 bits per heavy atom. The van der Waals surface area contributed by atoms with Gasteiger partial charge in [-0.05, 0) is 55.6 Å². The lowest BCUT2D eigenvalue weighted by Crippen LogP contribution is -2.39. The molecule has 1 heterocycles. The molecule has 1 saturated heterocycles. The highest BCUT2D eigenvalue weighted by Crippen LogP contribution is 2.40. The zero-order chi connectivity index (χ0) is 19.5. The van der Waals surface area contributed by atoms with Crippen molar-refractivity contribution in [3.63, 3.8) is 0 Å². The molecule has 5 rings (SSSR count). The molecule has 2 aromatic carbocycles. The van der Waals surface area contributed by atoms with E-state index in [1.54, 1.807) is 0 Å². The van der Waals surface area contributed by atoms with Crippen LogP contribution in [0.4, 0.5) is 0 Å². The highest BCUT2D eigenvalue weighted by molar-refractivity contribution is 5.20. The van der Waals surface area contributed by atoms with Crippen molar-refractivity contribution in [2.24, 2.45) is 5.92 Å². The molecule has 2 aliphatic carbocycles. The maximum absolute atomic E-state index is 6.42. The van der Waals surface area contributed by atoms with Gasteiger partial charge in [0.1, 0.15) is 0 Å². The summed E-state index contributed by atoms with van der Waals surface area (Å²) in [6, 6.07) is 22.5. The Hall–Kier alpha value is -1.68. The Bertz CT molecular complexity index is 757. The molecule has 4 unspecified atom stereocenters. The van der Waals surface area contributed by atoms with Crippen LogP contribution in [0.3, 0.4) is 0 Å². The van der Waals surface area contributed by atoms with Gasteiger partial charge in [0, 0.05) is 12.0 Å². The van der Waals surface area contributed by atoms with E-state index in [4.69, 9.17) is 9.47 Å². The van der Waals surface area contributed by atoms with Crippen LogP contribution in [0.25, 0.3) is 0 Å². The molecule has 1 N–H and O–H groups in total. The highest BCUT2D eigenvalue weighted by atomic mass is 16.5. The van der Waals surface area contributed by atoms with Crippen LogP contribution in [0.1, 0.15) is 55.6 Å². The molecular weight excluding hydrogens is 358 g/mol. The Morgan fingerprint density at radius 2 is 1.48 bits per heavy atom. The standard InChI is InChI=1S/C26H33NO2/c1-3-7-19(8-4-1)17-29-26-23-15-16-24(23)27-25(26)18-28-22-13-11-21(12-14-22)20-9-5-2-6-10-20/h1-10,21-27H,11-18H2. The van der Waals surface area contributed by atoms with E-state index in [1.165, 1.54) is 49.7 Å². The smallest absolute Gasteiger partial charge is 0.0798 e. The summed E-state index contributed by atoms with van der Waals surface area (Å²) < 4.78 is 12.8. The molecule has 4 atom stereocenters. The molecule has 1 aliphatic heterocycles. The maximum atomic E-state index is 6.42. The second-order valence-electron chi connectivity index (χ2n) is 9.10. The van der Waals surface area contributed by atoms with E-state index in [0.717, 1.165) is 6.61 Å². The Balaban J connectivity index is 1.11. The fraction of sp³-hybridized carbons (Fsp3) is 0.538. The third kappa shape index (κ3) is 4.42. The van der Waals surface area contributed by atoms with Crippen LogP contribution in [0.15, 0.2) is 60.7 Å². The van der Waals surface area contributed by atoms with Crippen LogP contribution in [-0.4, -0.2) is 30.9 Å². The maximum Gasteiger partial charge on any atom is 0.0798 e. The van der Waals surface area contributed by atoms with Crippen molar-refractivity contribution in [3.05, 3.63) is 71.8 Å². The largest absolute Gasteiger partial charge is 0.376 e. The first-order valence-electron chi connectivity index (χ1n) is 11.4. The highest BCUT2D eigenvalue weighted by Gasteiger charge is 2.48. The van der Waals surface area contributed by atoms with Gasteiger partial charge in [-0.2, -0.15) is 0 Å². The Kier molecular flexibility index (Phi) is 5.98. The lowest BCUT2D eigenvalue weighted by Gasteiger charge is -2.33. The van der Waals surface area contributed by atoms with E-state index in [-0.39, 0.29) is 6.10 Å². The summed E-state index contributed by atoms with van der Waals surface area (Å²) in [5.74, 6) is 1.37. The molecule has 3 heteroatoms. The average Bonchev–Trinajstić information content (AvgIpc) is 3.01. The van der Waals surface area contributed by atoms with Crippen molar-refractivity contribution in [1.82, 2.24) is 5.32 Å². The minimum absolute atomic E-state index is 0.287. The predicted molar refractivity (Wildman–Crippen MR) is 116 cm³/mol. The summed E-state index contributed by atoms with van der Waals surface area (Å²) in [5, 5.41) is 3.80. The van der Waals surface area contributed by atoms with Gasteiger partial charge in [0.25, 0.3) is 0 Å². The average molecular weight is 392 g/mol. The Labute approximate surface area is 174 Å². The minimum atomic E-state index is 0.287. The fourth-order valence-corrected chi connectivity index (χ4v) is 5.47. The molecule has 29 heavy (non-hydrogen) atoms. The lowest BCUT2D eigenvalue weighted by molar-refractivity contribution is -0.0446. The summed E-state index contributed by atoms with van der Waals surface area (Å²) in [5.41, 5.74) is 2.75. The number of hydrogen-bond acceptors (Lipinski definition) is 3. The Morgan fingerprint density at radius 3 is 2.17 bits per heavy atom. The molecule has 154 valence electrons. The molecular formula is C26H33NO2. The summed E-state index contributed by atoms with van der Waals surface area (Å²) in [6.07, 6.45) is 8.10. The summed E-state index contributed by atoms with van der Waals surface area (Å²) in [6.45, 7) is 1.49. The number of rotatable bonds is 7. The minimum Gasteiger partial charge on any atom is -0.376 e. The number of ether oxygens (including phenoxy) is 2. The first kappa shape index (κ1) is 19.3. The van der Waals surface area contributed by atoms with Crippen molar-refractivity contribution < 1.29 is 9.47 Å². The molecule has 3 fully saturated rings. The van der Waals surface area contributed by atoms with Crippen molar-refractivity contribution in [2.45, 2.75) is 75.3 Å². The zero-order valence-corrected chi connectivity index (χ0v) is 17.2. The molecule has 2 aromatic rings. The topological polar surface area (TPSA) is 30.5 Å². The van der Waals surface area contributed by atoms with Crippen LogP contribution in [0.5, 0.6) is 0 Å². The molecule has 0 bridgehead atoms. The van der Waals surface area contributed by atoms with Crippen molar-refractivity contribution in [2.75, 3.05) is 6.61 Å². The van der Waals surface area contributed by atoms with Gasteiger partial charge in [0.15, 0.2) is 0 Å². The molecule has 0 amide bonds. The molecule has 3 aliphatic rings. The second kappa shape index (κ2) is 8.99. The summed E-state index contributed by atoms with van der Waals surface area (Å²) >= 11 is 0. The van der Waals surface area contributed by atoms with Gasteiger partial charge in [-0.25, -0.2) is 0 Å². The van der Waals surface area contributed by atoms with Gasteiger partial charge in [0.05, 0.1) is 31.5 Å². The van der Waals surface area contributed by atoms with E-state index in [9.17, 15) is 0 Å². The van der Waals surface area contributed by atoms with Gasteiger partial charge >= 0.3 is 0 Å². The normalized spacial score (nSPS) is 33.8. The van der Waals surface area contributed by atoms with Crippen molar-refractivity contribution in [1.29, 1.82) is 0 Å². The summed E-state index contributed by atoms with van der Waals surface area (Å²) in [7, 11) is 0. The monoisotopic (exact) mass is 391 g/mol. The third-order valence-electron chi connectivity index (χ3n) is 7.32. The van der Waals surface area contributed by atoms with E-state index in [2.05, 4.69) is 66.0 Å².